The molecule has 37 heavy (non-hydrogen) atoms. The minimum Gasteiger partial charge on any atom is -0.482 e. The predicted molar refractivity (Wildman–Crippen MR) is 141 cm³/mol. The van der Waals surface area contributed by atoms with Gasteiger partial charge in [-0.3, -0.25) is 0 Å². The number of carbonyl (C=O) groups is 1. The summed E-state index contributed by atoms with van der Waals surface area (Å²) >= 11 is 1.46. The van der Waals surface area contributed by atoms with Crippen LogP contribution in [-0.4, -0.2) is 23.4 Å². The number of hydrogen-bond acceptors (Lipinski definition) is 3. The highest BCUT2D eigenvalue weighted by atomic mass is 32.2. The molecule has 0 aliphatic heterocycles. The second-order valence-electron chi connectivity index (χ2n) is 8.07. The highest BCUT2D eigenvalue weighted by molar-refractivity contribution is 7.99. The van der Waals surface area contributed by atoms with Gasteiger partial charge in [-0.15, -0.1) is 11.8 Å². The van der Waals surface area contributed by atoms with E-state index in [4.69, 9.17) is 9.84 Å². The van der Waals surface area contributed by atoms with Crippen LogP contribution in [0.4, 0.5) is 13.2 Å². The van der Waals surface area contributed by atoms with Gasteiger partial charge in [0.2, 0.25) is 0 Å². The van der Waals surface area contributed by atoms with Crippen LogP contribution in [0, 0.1) is 0 Å². The molecule has 0 bridgehead atoms. The molecule has 4 aromatic carbocycles. The van der Waals surface area contributed by atoms with Crippen molar-refractivity contribution < 1.29 is 27.8 Å². The lowest BCUT2D eigenvalue weighted by Crippen LogP contribution is -2.09. The van der Waals surface area contributed by atoms with Crippen LogP contribution >= 0.6 is 11.8 Å². The Morgan fingerprint density at radius 2 is 1.43 bits per heavy atom. The Morgan fingerprint density at radius 3 is 2.08 bits per heavy atom. The standard InChI is InChI=1S/C30H23F3O3S/c31-30(32,33)28-9-5-4-8-27(28)26(23-12-10-22(11-13-23)21-6-2-1-3-7-21)18-19-37-25-16-14-24(15-17-25)36-20-29(34)35/h1-18H,19-20H2,(H,34,35)/b26-18+. The lowest BCUT2D eigenvalue weighted by atomic mass is 9.92. The fourth-order valence-electron chi connectivity index (χ4n) is 3.82. The average molecular weight is 521 g/mol. The zero-order valence-corrected chi connectivity index (χ0v) is 20.4. The fraction of sp³-hybridized carbons (Fsp3) is 0.100. The summed E-state index contributed by atoms with van der Waals surface area (Å²) in [4.78, 5) is 11.5. The Balaban J connectivity index is 1.62. The van der Waals surface area contributed by atoms with Crippen molar-refractivity contribution in [3.8, 4) is 16.9 Å². The minimum atomic E-state index is -4.49. The van der Waals surface area contributed by atoms with E-state index in [0.717, 1.165) is 22.1 Å². The van der Waals surface area contributed by atoms with Gasteiger partial charge in [0, 0.05) is 10.6 Å². The summed E-state index contributed by atoms with van der Waals surface area (Å²) in [6.07, 6.45) is -2.68. The Labute approximate surface area is 217 Å². The van der Waals surface area contributed by atoms with Crippen molar-refractivity contribution in [2.45, 2.75) is 11.1 Å². The van der Waals surface area contributed by atoms with E-state index in [1.165, 1.54) is 23.9 Å². The predicted octanol–water partition coefficient (Wildman–Crippen LogP) is 8.06. The SMILES string of the molecule is O=C(O)COc1ccc(SC/C=C(\c2ccc(-c3ccccc3)cc2)c2ccccc2C(F)(F)F)cc1. The molecule has 0 aromatic heterocycles. The van der Waals surface area contributed by atoms with Crippen molar-refractivity contribution in [1.29, 1.82) is 0 Å². The monoisotopic (exact) mass is 520 g/mol. The van der Waals surface area contributed by atoms with Crippen LogP contribution in [0.15, 0.2) is 114 Å². The summed E-state index contributed by atoms with van der Waals surface area (Å²) in [5, 5.41) is 8.72. The van der Waals surface area contributed by atoms with Crippen molar-refractivity contribution >= 4 is 23.3 Å². The third kappa shape index (κ3) is 7.05. The lowest BCUT2D eigenvalue weighted by molar-refractivity contribution is -0.139. The van der Waals surface area contributed by atoms with Crippen molar-refractivity contribution in [2.24, 2.45) is 0 Å². The highest BCUT2D eigenvalue weighted by Gasteiger charge is 2.33. The molecule has 0 amide bonds. The lowest BCUT2D eigenvalue weighted by Gasteiger charge is -2.16. The number of carboxylic acid groups (broad SMARTS) is 1. The van der Waals surface area contributed by atoms with Crippen LogP contribution in [0.3, 0.4) is 0 Å². The van der Waals surface area contributed by atoms with E-state index in [-0.39, 0.29) is 5.56 Å². The number of ether oxygens (including phenoxy) is 1. The van der Waals surface area contributed by atoms with Crippen LogP contribution in [0.2, 0.25) is 0 Å². The molecule has 0 aliphatic rings. The normalized spacial score (nSPS) is 11.8. The molecule has 0 radical (unpaired) electrons. The second-order valence-corrected chi connectivity index (χ2v) is 9.16. The quantitative estimate of drug-likeness (QED) is 0.227. The van der Waals surface area contributed by atoms with Gasteiger partial charge < -0.3 is 9.84 Å². The van der Waals surface area contributed by atoms with Gasteiger partial charge in [0.25, 0.3) is 0 Å². The van der Waals surface area contributed by atoms with Crippen molar-refractivity contribution in [1.82, 2.24) is 0 Å². The summed E-state index contributed by atoms with van der Waals surface area (Å²) < 4.78 is 46.7. The largest absolute Gasteiger partial charge is 0.482 e. The van der Waals surface area contributed by atoms with Crippen molar-refractivity contribution in [3.63, 3.8) is 0 Å². The van der Waals surface area contributed by atoms with Crippen molar-refractivity contribution in [3.05, 3.63) is 126 Å². The zero-order valence-electron chi connectivity index (χ0n) is 19.6. The number of carboxylic acids is 1. The van der Waals surface area contributed by atoms with E-state index in [0.29, 0.717) is 22.6 Å². The van der Waals surface area contributed by atoms with Gasteiger partial charge in [0.15, 0.2) is 6.61 Å². The highest BCUT2D eigenvalue weighted by Crippen LogP contribution is 2.38. The maximum atomic E-state index is 13.9. The molecule has 0 spiro atoms. The Bertz CT molecular complexity index is 1360. The van der Waals surface area contributed by atoms with Gasteiger partial charge in [-0.25, -0.2) is 4.79 Å². The summed E-state index contributed by atoms with van der Waals surface area (Å²) in [7, 11) is 0. The maximum Gasteiger partial charge on any atom is 0.417 e. The molecular formula is C30H23F3O3S. The Hall–Kier alpha value is -3.97. The van der Waals surface area contributed by atoms with Gasteiger partial charge in [0.05, 0.1) is 5.56 Å². The third-order valence-corrected chi connectivity index (χ3v) is 6.49. The van der Waals surface area contributed by atoms with Gasteiger partial charge >= 0.3 is 12.1 Å². The van der Waals surface area contributed by atoms with Crippen LogP contribution in [-0.2, 0) is 11.0 Å². The molecular weight excluding hydrogens is 497 g/mol. The summed E-state index contributed by atoms with van der Waals surface area (Å²) in [5.74, 6) is -0.204. The van der Waals surface area contributed by atoms with E-state index < -0.39 is 24.3 Å². The van der Waals surface area contributed by atoms with E-state index in [1.807, 2.05) is 60.7 Å². The molecule has 188 valence electrons. The molecule has 0 unspecified atom stereocenters. The first-order chi connectivity index (χ1) is 17.8. The molecule has 4 aromatic rings. The van der Waals surface area contributed by atoms with Crippen LogP contribution < -0.4 is 4.74 Å². The van der Waals surface area contributed by atoms with Gasteiger partial charge in [-0.2, -0.15) is 13.2 Å². The van der Waals surface area contributed by atoms with Gasteiger partial charge in [-0.05, 0) is 58.2 Å². The summed E-state index contributed by atoms with van der Waals surface area (Å²) in [6.45, 7) is -0.430. The van der Waals surface area contributed by atoms with Crippen LogP contribution in [0.5, 0.6) is 5.75 Å². The maximum absolute atomic E-state index is 13.9. The first-order valence-corrected chi connectivity index (χ1v) is 12.4. The van der Waals surface area contributed by atoms with E-state index in [1.54, 1.807) is 30.3 Å². The molecule has 0 atom stereocenters. The zero-order chi connectivity index (χ0) is 26.3. The number of hydrogen-bond donors (Lipinski definition) is 1. The topological polar surface area (TPSA) is 46.5 Å². The van der Waals surface area contributed by atoms with E-state index in [2.05, 4.69) is 0 Å². The number of rotatable bonds is 9. The first-order valence-electron chi connectivity index (χ1n) is 11.4. The molecule has 1 N–H and O–H groups in total. The molecule has 4 rings (SSSR count). The molecule has 0 heterocycles. The Morgan fingerprint density at radius 1 is 0.811 bits per heavy atom. The molecule has 0 fully saturated rings. The molecule has 0 saturated heterocycles. The number of thioether (sulfide) groups is 1. The van der Waals surface area contributed by atoms with E-state index >= 15 is 0 Å². The number of aliphatic carboxylic acids is 1. The van der Waals surface area contributed by atoms with Crippen LogP contribution in [0.25, 0.3) is 16.7 Å². The Kier molecular flexibility index (Phi) is 8.36. The smallest absolute Gasteiger partial charge is 0.417 e. The summed E-state index contributed by atoms with van der Waals surface area (Å²) in [5.41, 5.74) is 2.64. The molecule has 0 aliphatic carbocycles. The van der Waals surface area contributed by atoms with Crippen molar-refractivity contribution in [2.75, 3.05) is 12.4 Å². The number of alkyl halides is 3. The average Bonchev–Trinajstić information content (AvgIpc) is 2.91. The van der Waals surface area contributed by atoms with Gasteiger partial charge in [0.1, 0.15) is 5.75 Å². The first kappa shape index (κ1) is 26.1. The number of halogens is 3. The summed E-state index contributed by atoms with van der Waals surface area (Å²) in [6, 6.07) is 29.8. The molecule has 0 saturated carbocycles. The molecule has 7 heteroatoms. The fourth-order valence-corrected chi connectivity index (χ4v) is 4.59. The van der Waals surface area contributed by atoms with Crippen LogP contribution in [0.1, 0.15) is 16.7 Å². The third-order valence-electron chi connectivity index (χ3n) is 5.55. The number of benzene rings is 4. The molecule has 3 nitrogen and oxygen atoms in total. The van der Waals surface area contributed by atoms with Gasteiger partial charge in [-0.1, -0.05) is 78.9 Å². The second kappa shape index (κ2) is 11.8. The minimum absolute atomic E-state index is 0.125. The van der Waals surface area contributed by atoms with E-state index in [9.17, 15) is 18.0 Å².